The fourth-order valence-corrected chi connectivity index (χ4v) is 2.85. The summed E-state index contributed by atoms with van der Waals surface area (Å²) in [6.45, 7) is 5.73. The Kier molecular flexibility index (Phi) is 6.45. The van der Waals surface area contributed by atoms with Crippen LogP contribution in [0, 0.1) is 13.8 Å². The number of halogens is 2. The van der Waals surface area contributed by atoms with Crippen LogP contribution in [-0.4, -0.2) is 18.4 Å². The molecule has 0 bridgehead atoms. The highest BCUT2D eigenvalue weighted by molar-refractivity contribution is 6.43. The van der Waals surface area contributed by atoms with Crippen molar-refractivity contribution in [1.29, 1.82) is 0 Å². The first kappa shape index (κ1) is 19.3. The van der Waals surface area contributed by atoms with Crippen LogP contribution >= 0.6 is 23.2 Å². The van der Waals surface area contributed by atoms with Crippen LogP contribution in [0.25, 0.3) is 0 Å². The van der Waals surface area contributed by atoms with Gasteiger partial charge in [0.25, 0.3) is 0 Å². The van der Waals surface area contributed by atoms with Crippen LogP contribution in [0.3, 0.4) is 0 Å². The van der Waals surface area contributed by atoms with Crippen LogP contribution in [0.5, 0.6) is 0 Å². The van der Waals surface area contributed by atoms with Crippen molar-refractivity contribution in [1.82, 2.24) is 0 Å². The Balaban J connectivity index is 2.09. The Hall–Kier alpha value is -2.04. The van der Waals surface area contributed by atoms with Crippen molar-refractivity contribution in [3.05, 3.63) is 57.6 Å². The number of benzene rings is 2. The summed E-state index contributed by atoms with van der Waals surface area (Å²) in [5.74, 6) is -0.344. The maximum absolute atomic E-state index is 12.2. The number of hydrogen-bond acceptors (Lipinski definition) is 2. The quantitative estimate of drug-likeness (QED) is 0.796. The van der Waals surface area contributed by atoms with E-state index in [1.165, 1.54) is 6.92 Å². The molecule has 2 aromatic rings. The van der Waals surface area contributed by atoms with Crippen molar-refractivity contribution in [3.63, 3.8) is 0 Å². The zero-order chi connectivity index (χ0) is 18.6. The normalized spacial score (nSPS) is 10.4. The van der Waals surface area contributed by atoms with E-state index < -0.39 is 0 Å². The van der Waals surface area contributed by atoms with Crippen molar-refractivity contribution >= 4 is 46.4 Å². The van der Waals surface area contributed by atoms with Crippen LogP contribution in [0.15, 0.2) is 36.4 Å². The number of rotatable bonds is 5. The molecule has 2 aromatic carbocycles. The molecule has 0 saturated carbocycles. The molecule has 0 spiro atoms. The lowest BCUT2D eigenvalue weighted by atomic mass is 10.1. The average Bonchev–Trinajstić information content (AvgIpc) is 2.55. The molecule has 0 unspecified atom stereocenters. The summed E-state index contributed by atoms with van der Waals surface area (Å²) in [4.78, 5) is 25.9. The van der Waals surface area contributed by atoms with E-state index in [0.29, 0.717) is 15.7 Å². The SMILES string of the molecule is CC(=O)N(CCC(=O)Nc1cccc(Cl)c1Cl)c1cccc(C)c1C. The largest absolute Gasteiger partial charge is 0.325 e. The van der Waals surface area contributed by atoms with Gasteiger partial charge in [-0.3, -0.25) is 9.59 Å². The van der Waals surface area contributed by atoms with Gasteiger partial charge in [0.05, 0.1) is 15.7 Å². The minimum absolute atomic E-state index is 0.109. The summed E-state index contributed by atoms with van der Waals surface area (Å²) in [5, 5.41) is 3.41. The van der Waals surface area contributed by atoms with E-state index in [4.69, 9.17) is 23.2 Å². The molecule has 2 rings (SSSR count). The molecule has 0 aliphatic heterocycles. The van der Waals surface area contributed by atoms with E-state index >= 15 is 0 Å². The second-order valence-corrected chi connectivity index (χ2v) is 6.57. The second kappa shape index (κ2) is 8.37. The predicted molar refractivity (Wildman–Crippen MR) is 104 cm³/mol. The van der Waals surface area contributed by atoms with Crippen molar-refractivity contribution in [2.45, 2.75) is 27.2 Å². The highest BCUT2D eigenvalue weighted by Crippen LogP contribution is 2.29. The van der Waals surface area contributed by atoms with Crippen molar-refractivity contribution in [3.8, 4) is 0 Å². The number of hydrogen-bond donors (Lipinski definition) is 1. The zero-order valence-electron chi connectivity index (χ0n) is 14.4. The van der Waals surface area contributed by atoms with Crippen molar-refractivity contribution in [2.24, 2.45) is 0 Å². The third-order valence-electron chi connectivity index (χ3n) is 4.04. The number of nitrogens with zero attached hydrogens (tertiary/aromatic N) is 1. The lowest BCUT2D eigenvalue weighted by Gasteiger charge is -2.23. The van der Waals surface area contributed by atoms with Gasteiger partial charge in [-0.2, -0.15) is 0 Å². The van der Waals surface area contributed by atoms with Crippen LogP contribution in [-0.2, 0) is 9.59 Å². The second-order valence-electron chi connectivity index (χ2n) is 5.79. The molecule has 0 fully saturated rings. The van der Waals surface area contributed by atoms with Crippen LogP contribution < -0.4 is 10.2 Å². The Labute approximate surface area is 157 Å². The van der Waals surface area contributed by atoms with Crippen LogP contribution in [0.1, 0.15) is 24.5 Å². The summed E-state index contributed by atoms with van der Waals surface area (Å²) in [6, 6.07) is 10.8. The fraction of sp³-hybridized carbons (Fsp3) is 0.263. The third kappa shape index (κ3) is 4.74. The van der Waals surface area contributed by atoms with E-state index in [1.54, 1.807) is 23.1 Å². The summed E-state index contributed by atoms with van der Waals surface area (Å²) in [6.07, 6.45) is 0.149. The molecule has 132 valence electrons. The molecular formula is C19H20Cl2N2O2. The van der Waals surface area contributed by atoms with Gasteiger partial charge in [-0.05, 0) is 43.2 Å². The lowest BCUT2D eigenvalue weighted by Crippen LogP contribution is -2.32. The number of anilines is 2. The minimum atomic E-state index is -0.235. The predicted octanol–water partition coefficient (Wildman–Crippen LogP) is 4.99. The van der Waals surface area contributed by atoms with Gasteiger partial charge in [0.2, 0.25) is 11.8 Å². The Morgan fingerprint density at radius 1 is 1.08 bits per heavy atom. The highest BCUT2D eigenvalue weighted by atomic mass is 35.5. The minimum Gasteiger partial charge on any atom is -0.325 e. The zero-order valence-corrected chi connectivity index (χ0v) is 15.9. The number of carbonyl (C=O) groups is 2. The number of amides is 2. The van der Waals surface area contributed by atoms with E-state index in [9.17, 15) is 9.59 Å². The maximum Gasteiger partial charge on any atom is 0.226 e. The van der Waals surface area contributed by atoms with Crippen LogP contribution in [0.2, 0.25) is 10.0 Å². The standard InChI is InChI=1S/C19H20Cl2N2O2/c1-12-6-4-9-17(13(12)2)23(14(3)24)11-10-18(25)22-16-8-5-7-15(20)19(16)21/h4-9H,10-11H2,1-3H3,(H,22,25). The maximum atomic E-state index is 12.2. The summed E-state index contributed by atoms with van der Waals surface area (Å²) in [5.41, 5.74) is 3.40. The van der Waals surface area contributed by atoms with Gasteiger partial charge < -0.3 is 10.2 Å². The first-order valence-electron chi connectivity index (χ1n) is 7.89. The molecular weight excluding hydrogens is 359 g/mol. The molecule has 6 heteroatoms. The van der Waals surface area contributed by atoms with Gasteiger partial charge in [0.15, 0.2) is 0 Å². The monoisotopic (exact) mass is 378 g/mol. The molecule has 0 saturated heterocycles. The van der Waals surface area contributed by atoms with Gasteiger partial charge in [-0.15, -0.1) is 0 Å². The van der Waals surface area contributed by atoms with Gasteiger partial charge in [-0.1, -0.05) is 41.4 Å². The van der Waals surface area contributed by atoms with Crippen LogP contribution in [0.4, 0.5) is 11.4 Å². The first-order chi connectivity index (χ1) is 11.8. The molecule has 25 heavy (non-hydrogen) atoms. The smallest absolute Gasteiger partial charge is 0.226 e. The Bertz CT molecular complexity index is 806. The molecule has 1 N–H and O–H groups in total. The fourth-order valence-electron chi connectivity index (χ4n) is 2.50. The third-order valence-corrected chi connectivity index (χ3v) is 4.85. The molecule has 0 atom stereocenters. The van der Waals surface area contributed by atoms with Gasteiger partial charge in [0, 0.05) is 25.6 Å². The number of nitrogens with one attached hydrogen (secondary N) is 1. The molecule has 2 amide bonds. The molecule has 0 radical (unpaired) electrons. The van der Waals surface area contributed by atoms with E-state index in [2.05, 4.69) is 5.32 Å². The van der Waals surface area contributed by atoms with Crippen molar-refractivity contribution in [2.75, 3.05) is 16.8 Å². The highest BCUT2D eigenvalue weighted by Gasteiger charge is 2.16. The number of carbonyl (C=O) groups excluding carboxylic acids is 2. The van der Waals surface area contributed by atoms with E-state index in [0.717, 1.165) is 16.8 Å². The van der Waals surface area contributed by atoms with E-state index in [-0.39, 0.29) is 24.8 Å². The molecule has 0 heterocycles. The van der Waals surface area contributed by atoms with Gasteiger partial charge in [0.1, 0.15) is 0 Å². The molecule has 0 aromatic heterocycles. The molecule has 0 aliphatic rings. The Morgan fingerprint density at radius 2 is 1.76 bits per heavy atom. The summed E-state index contributed by atoms with van der Waals surface area (Å²) < 4.78 is 0. The molecule has 4 nitrogen and oxygen atoms in total. The average molecular weight is 379 g/mol. The topological polar surface area (TPSA) is 49.4 Å². The molecule has 0 aliphatic carbocycles. The van der Waals surface area contributed by atoms with Gasteiger partial charge >= 0.3 is 0 Å². The summed E-state index contributed by atoms with van der Waals surface area (Å²) >= 11 is 12.0. The lowest BCUT2D eigenvalue weighted by molar-refractivity contribution is -0.117. The summed E-state index contributed by atoms with van der Waals surface area (Å²) in [7, 11) is 0. The number of aryl methyl sites for hydroxylation is 1. The van der Waals surface area contributed by atoms with Gasteiger partial charge in [-0.25, -0.2) is 0 Å². The first-order valence-corrected chi connectivity index (χ1v) is 8.65. The Morgan fingerprint density at radius 3 is 2.44 bits per heavy atom. The van der Waals surface area contributed by atoms with E-state index in [1.807, 2.05) is 32.0 Å². The van der Waals surface area contributed by atoms with Crippen molar-refractivity contribution < 1.29 is 9.59 Å².